The summed E-state index contributed by atoms with van der Waals surface area (Å²) >= 11 is 2.24. The number of carbonyl (C=O) groups is 3. The Morgan fingerprint density at radius 1 is 0.915 bits per heavy atom. The smallest absolute Gasteiger partial charge is 0.305 e. The lowest BCUT2D eigenvalue weighted by molar-refractivity contribution is -0.122. The number of amides is 3. The minimum absolute atomic E-state index is 0.262. The van der Waals surface area contributed by atoms with Crippen molar-refractivity contribution < 1.29 is 28.6 Å². The van der Waals surface area contributed by atoms with E-state index >= 15 is 0 Å². The number of nitrogens with one attached hydrogen (secondary N) is 2. The average Bonchev–Trinajstić information content (AvgIpc) is 3.58. The molecule has 2 aliphatic heterocycles. The molecule has 5 aromatic rings. The molecule has 238 valence electrons. The number of thioether (sulfide) groups is 1. The van der Waals surface area contributed by atoms with Crippen LogP contribution in [0.4, 0.5) is 11.4 Å². The molecule has 2 aliphatic rings. The number of aromatic nitrogens is 1. The second-order valence-corrected chi connectivity index (χ2v) is 13.1. The molecular formula is C35H29N3O7S2. The minimum atomic E-state index is -0.763. The van der Waals surface area contributed by atoms with E-state index in [9.17, 15) is 19.2 Å². The molecule has 3 unspecified atom stereocenters. The molecular weight excluding hydrogens is 639 g/mol. The number of hydrogen-bond acceptors (Lipinski definition) is 9. The topological polar surface area (TPSA) is 127 Å². The molecule has 0 bridgehead atoms. The van der Waals surface area contributed by atoms with Gasteiger partial charge in [0.25, 0.3) is 5.91 Å². The lowest BCUT2D eigenvalue weighted by Crippen LogP contribution is -2.32. The summed E-state index contributed by atoms with van der Waals surface area (Å²) in [4.78, 5) is 57.8. The first-order chi connectivity index (χ1) is 22.9. The van der Waals surface area contributed by atoms with Gasteiger partial charge in [-0.25, -0.2) is 4.90 Å². The van der Waals surface area contributed by atoms with Crippen LogP contribution in [0.25, 0.3) is 10.8 Å². The molecule has 0 spiro atoms. The minimum Gasteiger partial charge on any atom is -0.497 e. The molecule has 3 heterocycles. The van der Waals surface area contributed by atoms with Crippen molar-refractivity contribution in [3.63, 3.8) is 0 Å². The standard InChI is InChI=1S/C35H29N3O7S2/c1-3-44-26-17-20(11-16-25(26)45-18-27(39)36-24-10-6-8-19-7-4-5-9-23(19)24)28-29-31(46-32-30(28)47-35(42)37-32)34(41)38(33(29)40)21-12-14-22(43-2)15-13-21/h4-17,28-29,31H,3,18H2,1-2H3,(H,36,39)(H,37,42). The molecule has 7 rings (SSSR count). The zero-order valence-corrected chi connectivity index (χ0v) is 27.0. The normalized spacial score (nSPS) is 18.5. The zero-order chi connectivity index (χ0) is 32.7. The Morgan fingerprint density at radius 2 is 1.70 bits per heavy atom. The summed E-state index contributed by atoms with van der Waals surface area (Å²) in [6.07, 6.45) is 0. The van der Waals surface area contributed by atoms with E-state index in [1.165, 1.54) is 16.7 Å². The zero-order valence-electron chi connectivity index (χ0n) is 25.4. The van der Waals surface area contributed by atoms with E-state index in [4.69, 9.17) is 14.2 Å². The number of aromatic amines is 1. The highest BCUT2D eigenvalue weighted by Crippen LogP contribution is 2.54. The number of benzene rings is 4. The van der Waals surface area contributed by atoms with Crippen molar-refractivity contribution in [1.29, 1.82) is 0 Å². The summed E-state index contributed by atoms with van der Waals surface area (Å²) in [6.45, 7) is 1.89. The van der Waals surface area contributed by atoms with Crippen LogP contribution in [-0.4, -0.2) is 48.3 Å². The van der Waals surface area contributed by atoms with Gasteiger partial charge < -0.3 is 24.5 Å². The number of thiazole rings is 1. The van der Waals surface area contributed by atoms with Crippen LogP contribution in [0.5, 0.6) is 17.2 Å². The second-order valence-electron chi connectivity index (χ2n) is 11.0. The van der Waals surface area contributed by atoms with Crippen molar-refractivity contribution in [1.82, 2.24) is 4.98 Å². The Hall–Kier alpha value is -5.07. The predicted octanol–water partition coefficient (Wildman–Crippen LogP) is 5.81. The molecule has 1 aromatic heterocycles. The molecule has 12 heteroatoms. The fourth-order valence-electron chi connectivity index (χ4n) is 6.13. The number of nitrogens with zero attached hydrogens (tertiary/aromatic N) is 1. The van der Waals surface area contributed by atoms with Gasteiger partial charge in [-0.3, -0.25) is 19.2 Å². The molecule has 0 saturated carbocycles. The van der Waals surface area contributed by atoms with Crippen LogP contribution in [0.2, 0.25) is 0 Å². The second kappa shape index (κ2) is 12.6. The quantitative estimate of drug-likeness (QED) is 0.189. The highest BCUT2D eigenvalue weighted by molar-refractivity contribution is 8.00. The number of fused-ring (bicyclic) bond motifs is 3. The lowest BCUT2D eigenvalue weighted by Gasteiger charge is -2.30. The molecule has 47 heavy (non-hydrogen) atoms. The molecule has 0 aliphatic carbocycles. The van der Waals surface area contributed by atoms with Crippen LogP contribution in [0.3, 0.4) is 0 Å². The van der Waals surface area contributed by atoms with Gasteiger partial charge in [0.15, 0.2) is 18.1 Å². The van der Waals surface area contributed by atoms with E-state index in [2.05, 4.69) is 10.3 Å². The Labute approximate surface area is 277 Å². The Kier molecular flexibility index (Phi) is 8.21. The third kappa shape index (κ3) is 5.63. The highest BCUT2D eigenvalue weighted by atomic mass is 32.2. The Morgan fingerprint density at radius 3 is 2.49 bits per heavy atom. The van der Waals surface area contributed by atoms with Crippen molar-refractivity contribution in [2.75, 3.05) is 30.5 Å². The molecule has 2 N–H and O–H groups in total. The fraction of sp³-hybridized carbons (Fsp3) is 0.200. The van der Waals surface area contributed by atoms with Crippen LogP contribution in [0.15, 0.2) is 94.7 Å². The largest absolute Gasteiger partial charge is 0.497 e. The molecule has 0 radical (unpaired) electrons. The van der Waals surface area contributed by atoms with Crippen LogP contribution < -0.4 is 29.3 Å². The number of anilines is 2. The van der Waals surface area contributed by atoms with E-state index in [1.54, 1.807) is 49.6 Å². The van der Waals surface area contributed by atoms with Gasteiger partial charge >= 0.3 is 4.87 Å². The first-order valence-electron chi connectivity index (χ1n) is 14.9. The molecule has 1 fully saturated rings. The van der Waals surface area contributed by atoms with Gasteiger partial charge in [0.1, 0.15) is 11.0 Å². The maximum absolute atomic E-state index is 14.1. The number of methoxy groups -OCH3 is 1. The number of hydrogen-bond donors (Lipinski definition) is 2. The number of rotatable bonds is 9. The number of imide groups is 1. The van der Waals surface area contributed by atoms with Crippen LogP contribution >= 0.6 is 23.1 Å². The van der Waals surface area contributed by atoms with E-state index in [1.807, 2.05) is 49.4 Å². The third-order valence-electron chi connectivity index (χ3n) is 8.20. The van der Waals surface area contributed by atoms with E-state index < -0.39 is 17.1 Å². The summed E-state index contributed by atoms with van der Waals surface area (Å²) in [5.74, 6) is -1.06. The number of H-pyrrole nitrogens is 1. The average molecular weight is 668 g/mol. The van der Waals surface area contributed by atoms with Gasteiger partial charge in [-0.1, -0.05) is 65.6 Å². The predicted molar refractivity (Wildman–Crippen MR) is 181 cm³/mol. The molecule has 4 aromatic carbocycles. The van der Waals surface area contributed by atoms with Gasteiger partial charge in [0.2, 0.25) is 11.8 Å². The van der Waals surface area contributed by atoms with Gasteiger partial charge in [-0.05, 0) is 60.3 Å². The van der Waals surface area contributed by atoms with Crippen molar-refractivity contribution in [2.45, 2.75) is 23.1 Å². The van der Waals surface area contributed by atoms with E-state index in [0.717, 1.165) is 22.1 Å². The van der Waals surface area contributed by atoms with Gasteiger partial charge in [-0.15, -0.1) is 0 Å². The molecule has 3 amide bonds. The van der Waals surface area contributed by atoms with E-state index in [-0.39, 0.29) is 29.2 Å². The first-order valence-corrected chi connectivity index (χ1v) is 16.6. The van der Waals surface area contributed by atoms with Gasteiger partial charge in [0.05, 0.1) is 30.3 Å². The molecule has 10 nitrogen and oxygen atoms in total. The monoisotopic (exact) mass is 667 g/mol. The third-order valence-corrected chi connectivity index (χ3v) is 10.6. The SMILES string of the molecule is CCOc1cc(C2c3sc(=O)[nH]c3SC3C(=O)N(c4ccc(OC)cc4)C(=O)C32)ccc1OCC(=O)Nc1cccc2ccccc12. The van der Waals surface area contributed by atoms with E-state index in [0.29, 0.717) is 50.7 Å². The Bertz CT molecular complexity index is 2070. The number of ether oxygens (including phenoxy) is 3. The van der Waals surface area contributed by atoms with Crippen LogP contribution in [0.1, 0.15) is 23.3 Å². The van der Waals surface area contributed by atoms with Crippen molar-refractivity contribution >= 4 is 63.0 Å². The summed E-state index contributed by atoms with van der Waals surface area (Å²) in [7, 11) is 1.55. The summed E-state index contributed by atoms with van der Waals surface area (Å²) < 4.78 is 17.1. The number of carbonyl (C=O) groups excluding carboxylic acids is 3. The van der Waals surface area contributed by atoms with Crippen LogP contribution in [-0.2, 0) is 14.4 Å². The Balaban J connectivity index is 1.17. The maximum Gasteiger partial charge on any atom is 0.305 e. The van der Waals surface area contributed by atoms with Crippen molar-refractivity contribution in [3.8, 4) is 17.2 Å². The van der Waals surface area contributed by atoms with Gasteiger partial charge in [-0.2, -0.15) is 0 Å². The van der Waals surface area contributed by atoms with Crippen molar-refractivity contribution in [3.05, 3.63) is 105 Å². The van der Waals surface area contributed by atoms with Gasteiger partial charge in [0, 0.05) is 21.9 Å². The fourth-order valence-corrected chi connectivity index (χ4v) is 8.65. The molecule has 1 saturated heterocycles. The highest BCUT2D eigenvalue weighted by Gasteiger charge is 2.56. The van der Waals surface area contributed by atoms with Crippen molar-refractivity contribution in [2.24, 2.45) is 5.92 Å². The molecule has 3 atom stereocenters. The summed E-state index contributed by atoms with van der Waals surface area (Å²) in [6, 6.07) is 25.5. The summed E-state index contributed by atoms with van der Waals surface area (Å²) in [5, 5.41) is 4.69. The first kappa shape index (κ1) is 30.6. The maximum atomic E-state index is 14.1. The summed E-state index contributed by atoms with van der Waals surface area (Å²) in [5.41, 5.74) is 1.82. The lowest BCUT2D eigenvalue weighted by atomic mass is 9.83. The van der Waals surface area contributed by atoms with Crippen LogP contribution in [0, 0.1) is 5.92 Å².